The molecule has 0 unspecified atom stereocenters. The lowest BCUT2D eigenvalue weighted by atomic mass is 10.0. The lowest BCUT2D eigenvalue weighted by Crippen LogP contribution is -2.28. The van der Waals surface area contributed by atoms with Gasteiger partial charge in [0.15, 0.2) is 0 Å². The van der Waals surface area contributed by atoms with Crippen molar-refractivity contribution in [3.05, 3.63) is 47.5 Å². The van der Waals surface area contributed by atoms with Crippen molar-refractivity contribution in [1.82, 2.24) is 5.32 Å². The molecule has 0 aliphatic carbocycles. The summed E-state index contributed by atoms with van der Waals surface area (Å²) in [6.07, 6.45) is -0.0649. The van der Waals surface area contributed by atoms with Crippen LogP contribution in [0.5, 0.6) is 0 Å². The molecule has 0 saturated carbocycles. The molecule has 0 aliphatic heterocycles. The largest absolute Gasteiger partial charge is 0.460 e. The summed E-state index contributed by atoms with van der Waals surface area (Å²) in [5.41, 5.74) is 3.00. The molecule has 0 heterocycles. The van der Waals surface area contributed by atoms with E-state index < -0.39 is 12.1 Å². The molecule has 0 atom stereocenters. The third-order valence-corrected chi connectivity index (χ3v) is 2.98. The molecule has 6 heteroatoms. The average Bonchev–Trinajstić information content (AvgIpc) is 2.53. The van der Waals surface area contributed by atoms with Crippen LogP contribution in [0.15, 0.2) is 41.6 Å². The summed E-state index contributed by atoms with van der Waals surface area (Å²) in [7, 11) is 0. The molecule has 1 N–H and O–H groups in total. The minimum Gasteiger partial charge on any atom is -0.460 e. The van der Waals surface area contributed by atoms with Gasteiger partial charge in [-0.3, -0.25) is 4.84 Å². The van der Waals surface area contributed by atoms with Gasteiger partial charge in [0.1, 0.15) is 6.61 Å². The van der Waals surface area contributed by atoms with Gasteiger partial charge in [-0.2, -0.15) is 0 Å². The fraction of sp³-hybridized carbons (Fsp3) is 0.353. The van der Waals surface area contributed by atoms with Crippen molar-refractivity contribution >= 4 is 17.8 Å². The number of hydrogen-bond acceptors (Lipinski definition) is 5. The Balaban J connectivity index is 2.46. The third-order valence-electron chi connectivity index (χ3n) is 2.98. The molecule has 1 rings (SSSR count). The van der Waals surface area contributed by atoms with Gasteiger partial charge in [-0.15, -0.1) is 0 Å². The van der Waals surface area contributed by atoms with Gasteiger partial charge in [0.2, 0.25) is 0 Å². The van der Waals surface area contributed by atoms with Gasteiger partial charge in [0.05, 0.1) is 12.3 Å². The first-order valence-electron chi connectivity index (χ1n) is 7.36. The van der Waals surface area contributed by atoms with Crippen molar-refractivity contribution in [3.8, 4) is 0 Å². The first-order valence-corrected chi connectivity index (χ1v) is 7.36. The molecule has 1 aromatic rings. The van der Waals surface area contributed by atoms with E-state index >= 15 is 0 Å². The zero-order valence-electron chi connectivity index (χ0n) is 13.7. The van der Waals surface area contributed by atoms with Gasteiger partial charge < -0.3 is 10.1 Å². The standard InChI is InChI=1S/C17H22N2O4/c1-5-15(14-9-7-6-8-13(14)4)19-23-17(21)18-10-11-22-16(20)12(2)3/h6-9H,2,5,10-11H2,1,3-4H3,(H,18,21). The summed E-state index contributed by atoms with van der Waals surface area (Å²) in [5.74, 6) is -0.494. The van der Waals surface area contributed by atoms with Crippen molar-refractivity contribution in [1.29, 1.82) is 0 Å². The predicted molar refractivity (Wildman–Crippen MR) is 88.3 cm³/mol. The second kappa shape index (κ2) is 9.40. The van der Waals surface area contributed by atoms with E-state index in [1.807, 2.05) is 38.1 Å². The van der Waals surface area contributed by atoms with Crippen LogP contribution in [0.3, 0.4) is 0 Å². The highest BCUT2D eigenvalue weighted by Gasteiger charge is 2.08. The van der Waals surface area contributed by atoms with E-state index in [4.69, 9.17) is 9.57 Å². The lowest BCUT2D eigenvalue weighted by Gasteiger charge is -2.08. The van der Waals surface area contributed by atoms with Crippen molar-refractivity contribution < 1.29 is 19.2 Å². The van der Waals surface area contributed by atoms with Gasteiger partial charge in [0.25, 0.3) is 0 Å². The highest BCUT2D eigenvalue weighted by atomic mass is 16.7. The number of ether oxygens (including phenoxy) is 1. The van der Waals surface area contributed by atoms with E-state index in [1.165, 1.54) is 0 Å². The van der Waals surface area contributed by atoms with Crippen LogP contribution in [0.1, 0.15) is 31.4 Å². The number of benzene rings is 1. The van der Waals surface area contributed by atoms with Gasteiger partial charge >= 0.3 is 12.1 Å². The number of carbonyl (C=O) groups excluding carboxylic acids is 2. The summed E-state index contributed by atoms with van der Waals surface area (Å²) >= 11 is 0. The molecule has 1 aromatic carbocycles. The van der Waals surface area contributed by atoms with Gasteiger partial charge in [-0.1, -0.05) is 42.9 Å². The molecule has 0 bridgehead atoms. The first-order chi connectivity index (χ1) is 11.0. The predicted octanol–water partition coefficient (Wildman–Crippen LogP) is 2.95. The van der Waals surface area contributed by atoms with Crippen LogP contribution in [-0.4, -0.2) is 30.9 Å². The van der Waals surface area contributed by atoms with Crippen LogP contribution in [0.4, 0.5) is 4.79 Å². The minimum absolute atomic E-state index is 0.0446. The molecule has 6 nitrogen and oxygen atoms in total. The quantitative estimate of drug-likeness (QED) is 0.209. The second-order valence-corrected chi connectivity index (χ2v) is 4.93. The normalized spacial score (nSPS) is 10.8. The molecule has 0 aliphatic rings. The molecule has 23 heavy (non-hydrogen) atoms. The highest BCUT2D eigenvalue weighted by Crippen LogP contribution is 2.11. The Morgan fingerprint density at radius 1 is 1.30 bits per heavy atom. The van der Waals surface area contributed by atoms with E-state index in [9.17, 15) is 9.59 Å². The van der Waals surface area contributed by atoms with E-state index in [2.05, 4.69) is 17.1 Å². The highest BCUT2D eigenvalue weighted by molar-refractivity contribution is 6.01. The summed E-state index contributed by atoms with van der Waals surface area (Å²) in [5, 5.41) is 6.35. The van der Waals surface area contributed by atoms with E-state index in [-0.39, 0.29) is 13.2 Å². The van der Waals surface area contributed by atoms with Crippen LogP contribution >= 0.6 is 0 Å². The van der Waals surface area contributed by atoms with Crippen molar-refractivity contribution in [2.75, 3.05) is 13.2 Å². The van der Waals surface area contributed by atoms with Crippen LogP contribution in [-0.2, 0) is 14.4 Å². The second-order valence-electron chi connectivity index (χ2n) is 4.93. The number of aryl methyl sites for hydroxylation is 1. The number of rotatable bonds is 7. The molecule has 0 spiro atoms. The van der Waals surface area contributed by atoms with Gasteiger partial charge in [-0.25, -0.2) is 9.59 Å². The average molecular weight is 318 g/mol. The van der Waals surface area contributed by atoms with Gasteiger partial charge in [-0.05, 0) is 25.8 Å². The fourth-order valence-electron chi connectivity index (χ4n) is 1.75. The number of carbonyl (C=O) groups is 2. The molecule has 0 fully saturated rings. The Morgan fingerprint density at radius 2 is 2.00 bits per heavy atom. The van der Waals surface area contributed by atoms with Crippen LogP contribution in [0.25, 0.3) is 0 Å². The molecule has 0 saturated heterocycles. The van der Waals surface area contributed by atoms with Crippen molar-refractivity contribution in [2.24, 2.45) is 5.16 Å². The third kappa shape index (κ3) is 6.34. The summed E-state index contributed by atoms with van der Waals surface area (Å²) in [6, 6.07) is 7.74. The molecule has 1 amide bonds. The van der Waals surface area contributed by atoms with E-state index in [1.54, 1.807) is 6.92 Å². The monoisotopic (exact) mass is 318 g/mol. The molecule has 0 radical (unpaired) electrons. The Morgan fingerprint density at radius 3 is 2.61 bits per heavy atom. The minimum atomic E-state index is -0.698. The van der Waals surface area contributed by atoms with E-state index in [0.717, 1.165) is 11.1 Å². The van der Waals surface area contributed by atoms with Crippen molar-refractivity contribution in [3.63, 3.8) is 0 Å². The maximum absolute atomic E-state index is 11.6. The zero-order valence-corrected chi connectivity index (χ0v) is 13.7. The number of hydrogen-bond donors (Lipinski definition) is 1. The summed E-state index contributed by atoms with van der Waals surface area (Å²) < 4.78 is 4.84. The van der Waals surface area contributed by atoms with Crippen LogP contribution in [0, 0.1) is 6.92 Å². The SMILES string of the molecule is C=C(C)C(=O)OCCNC(=O)ON=C(CC)c1ccccc1C. The molecular weight excluding hydrogens is 296 g/mol. The fourth-order valence-corrected chi connectivity index (χ4v) is 1.75. The molecule has 124 valence electrons. The smallest absolute Gasteiger partial charge is 0.433 e. The van der Waals surface area contributed by atoms with Crippen molar-refractivity contribution in [2.45, 2.75) is 27.2 Å². The van der Waals surface area contributed by atoms with Gasteiger partial charge in [0, 0.05) is 11.1 Å². The topological polar surface area (TPSA) is 77.0 Å². The Hall–Kier alpha value is -2.63. The number of amides is 1. The Labute approximate surface area is 136 Å². The van der Waals surface area contributed by atoms with Crippen LogP contribution in [0.2, 0.25) is 0 Å². The first kappa shape index (κ1) is 18.4. The maximum Gasteiger partial charge on any atom is 0.433 e. The Kier molecular flexibility index (Phi) is 7.53. The number of nitrogens with zero attached hydrogens (tertiary/aromatic N) is 1. The number of oxime groups is 1. The van der Waals surface area contributed by atoms with Crippen LogP contribution < -0.4 is 5.32 Å². The lowest BCUT2D eigenvalue weighted by molar-refractivity contribution is -0.138. The summed E-state index contributed by atoms with van der Waals surface area (Å²) in [4.78, 5) is 27.5. The van der Waals surface area contributed by atoms with E-state index in [0.29, 0.717) is 17.7 Å². The molecular formula is C17H22N2O4. The molecule has 0 aromatic heterocycles. The number of esters is 1. The maximum atomic E-state index is 11.6. The zero-order chi connectivity index (χ0) is 17.2. The Bertz CT molecular complexity index is 608. The summed E-state index contributed by atoms with van der Waals surface area (Å²) in [6.45, 7) is 9.10. The number of nitrogens with one attached hydrogen (secondary N) is 1.